The number of carbonyl (C=O) groups is 1. The first-order valence-electron chi connectivity index (χ1n) is 9.50. The molecule has 2 unspecified atom stereocenters. The second-order valence-corrected chi connectivity index (χ2v) is 8.42. The molecule has 1 heterocycles. The molecule has 0 aromatic heterocycles. The molecule has 0 bridgehead atoms. The van der Waals surface area contributed by atoms with Gasteiger partial charge < -0.3 is 10.1 Å². The van der Waals surface area contributed by atoms with Gasteiger partial charge in [-0.2, -0.15) is 0 Å². The lowest BCUT2D eigenvalue weighted by molar-refractivity contribution is -0.122. The number of nitrogens with two attached hydrogens (primary N) is 1. The Bertz CT molecular complexity index is 930. The second kappa shape index (κ2) is 9.36. The lowest BCUT2D eigenvalue weighted by Crippen LogP contribution is -2.43. The van der Waals surface area contributed by atoms with Crippen LogP contribution in [0.25, 0.3) is 0 Å². The van der Waals surface area contributed by atoms with Crippen molar-refractivity contribution in [2.45, 2.75) is 36.7 Å². The van der Waals surface area contributed by atoms with Gasteiger partial charge in [0.25, 0.3) is 0 Å². The minimum atomic E-state index is -3.69. The third kappa shape index (κ3) is 5.77. The molecule has 8 nitrogen and oxygen atoms in total. The summed E-state index contributed by atoms with van der Waals surface area (Å²) in [4.78, 5) is 12.5. The zero-order valence-electron chi connectivity index (χ0n) is 16.2. The molecule has 1 amide bonds. The van der Waals surface area contributed by atoms with Crippen molar-refractivity contribution in [1.29, 1.82) is 0 Å². The van der Waals surface area contributed by atoms with Crippen molar-refractivity contribution >= 4 is 15.9 Å². The molecule has 5 N–H and O–H groups in total. The summed E-state index contributed by atoms with van der Waals surface area (Å²) >= 11 is 0. The zero-order chi connectivity index (χ0) is 20.9. The van der Waals surface area contributed by atoms with Gasteiger partial charge >= 0.3 is 0 Å². The minimum absolute atomic E-state index is 0.0483. The van der Waals surface area contributed by atoms with Crippen molar-refractivity contribution in [3.8, 4) is 5.75 Å². The highest BCUT2D eigenvalue weighted by molar-refractivity contribution is 7.89. The van der Waals surface area contributed by atoms with E-state index in [9.17, 15) is 13.2 Å². The molecule has 2 aromatic rings. The van der Waals surface area contributed by atoms with Gasteiger partial charge in [0, 0.05) is 12.6 Å². The SMILES string of the molecule is CCOc1ccc(C2CC(C(=O)NCCc3ccc(S(N)(=O)=O)cc3)NN2)cc1. The number of sulfonamides is 1. The molecule has 1 saturated heterocycles. The Kier molecular flexibility index (Phi) is 6.86. The van der Waals surface area contributed by atoms with Gasteiger partial charge in [0.1, 0.15) is 11.8 Å². The molecular weight excluding hydrogens is 392 g/mol. The van der Waals surface area contributed by atoms with Gasteiger partial charge in [-0.05, 0) is 55.2 Å². The normalized spacial score (nSPS) is 19.1. The van der Waals surface area contributed by atoms with Crippen molar-refractivity contribution in [3.63, 3.8) is 0 Å². The van der Waals surface area contributed by atoms with E-state index >= 15 is 0 Å². The quantitative estimate of drug-likeness (QED) is 0.507. The first-order chi connectivity index (χ1) is 13.9. The van der Waals surface area contributed by atoms with Crippen LogP contribution in [0.2, 0.25) is 0 Å². The highest BCUT2D eigenvalue weighted by atomic mass is 32.2. The number of primary sulfonamides is 1. The van der Waals surface area contributed by atoms with Crippen LogP contribution in [0.1, 0.15) is 30.5 Å². The van der Waals surface area contributed by atoms with Gasteiger partial charge in [0.05, 0.1) is 11.5 Å². The van der Waals surface area contributed by atoms with E-state index in [0.29, 0.717) is 26.0 Å². The summed E-state index contributed by atoms with van der Waals surface area (Å²) in [5.41, 5.74) is 8.22. The van der Waals surface area contributed by atoms with Crippen LogP contribution < -0.4 is 26.0 Å². The predicted molar refractivity (Wildman–Crippen MR) is 110 cm³/mol. The monoisotopic (exact) mass is 418 g/mol. The summed E-state index contributed by atoms with van der Waals surface area (Å²) in [6.45, 7) is 3.03. The first-order valence-corrected chi connectivity index (χ1v) is 11.0. The minimum Gasteiger partial charge on any atom is -0.494 e. The van der Waals surface area contributed by atoms with Crippen LogP contribution in [-0.4, -0.2) is 33.5 Å². The third-order valence-corrected chi connectivity index (χ3v) is 5.71. The Morgan fingerprint density at radius 3 is 2.45 bits per heavy atom. The molecule has 9 heteroatoms. The van der Waals surface area contributed by atoms with Gasteiger partial charge in [0.2, 0.25) is 15.9 Å². The maximum Gasteiger partial charge on any atom is 0.238 e. The van der Waals surface area contributed by atoms with Crippen molar-refractivity contribution in [2.24, 2.45) is 5.14 Å². The summed E-state index contributed by atoms with van der Waals surface area (Å²) in [6, 6.07) is 13.9. The lowest BCUT2D eigenvalue weighted by Gasteiger charge is -2.11. The van der Waals surface area contributed by atoms with Gasteiger partial charge in [-0.3, -0.25) is 4.79 Å². The highest BCUT2D eigenvalue weighted by Gasteiger charge is 2.29. The van der Waals surface area contributed by atoms with Gasteiger partial charge in [0.15, 0.2) is 0 Å². The fourth-order valence-electron chi connectivity index (χ4n) is 3.21. The molecule has 29 heavy (non-hydrogen) atoms. The van der Waals surface area contributed by atoms with Crippen molar-refractivity contribution < 1.29 is 17.9 Å². The summed E-state index contributed by atoms with van der Waals surface area (Å²) in [6.07, 6.45) is 1.24. The van der Waals surface area contributed by atoms with Crippen LogP contribution in [0.15, 0.2) is 53.4 Å². The maximum absolute atomic E-state index is 12.4. The Hall–Kier alpha value is -2.46. The van der Waals surface area contributed by atoms with E-state index in [1.54, 1.807) is 12.1 Å². The average Bonchev–Trinajstić information content (AvgIpc) is 3.19. The fourth-order valence-corrected chi connectivity index (χ4v) is 3.72. The number of nitrogens with one attached hydrogen (secondary N) is 3. The fraction of sp³-hybridized carbons (Fsp3) is 0.350. The maximum atomic E-state index is 12.4. The summed E-state index contributed by atoms with van der Waals surface area (Å²) in [5.74, 6) is 0.751. The van der Waals surface area contributed by atoms with E-state index in [2.05, 4.69) is 16.2 Å². The molecule has 3 rings (SSSR count). The smallest absolute Gasteiger partial charge is 0.238 e. The van der Waals surface area contributed by atoms with Crippen molar-refractivity contribution in [3.05, 3.63) is 59.7 Å². The van der Waals surface area contributed by atoms with Crippen LogP contribution in [0.5, 0.6) is 5.75 Å². The van der Waals surface area contributed by atoms with E-state index in [1.807, 2.05) is 31.2 Å². The van der Waals surface area contributed by atoms with Crippen LogP contribution in [0, 0.1) is 0 Å². The van der Waals surface area contributed by atoms with Crippen LogP contribution in [0.3, 0.4) is 0 Å². The topological polar surface area (TPSA) is 123 Å². The van der Waals surface area contributed by atoms with Crippen molar-refractivity contribution in [1.82, 2.24) is 16.2 Å². The number of hydrogen-bond donors (Lipinski definition) is 4. The summed E-state index contributed by atoms with van der Waals surface area (Å²) in [5, 5.41) is 8.00. The third-order valence-electron chi connectivity index (χ3n) is 4.78. The molecule has 0 spiro atoms. The van der Waals surface area contributed by atoms with Crippen LogP contribution in [0.4, 0.5) is 0 Å². The standard InChI is InChI=1S/C20H26N4O4S/c1-2-28-16-7-5-15(6-8-16)18-13-19(24-23-18)20(25)22-12-11-14-3-9-17(10-4-14)29(21,26)27/h3-10,18-19,23-24H,2,11-13H2,1H3,(H,22,25)(H2,21,26,27). The first kappa shape index (κ1) is 21.3. The number of hydrazine groups is 1. The molecule has 156 valence electrons. The Morgan fingerprint density at radius 1 is 1.14 bits per heavy atom. The Morgan fingerprint density at radius 2 is 1.83 bits per heavy atom. The van der Waals surface area contributed by atoms with Crippen LogP contribution >= 0.6 is 0 Å². The average molecular weight is 419 g/mol. The van der Waals surface area contributed by atoms with E-state index < -0.39 is 10.0 Å². The molecule has 0 aliphatic carbocycles. The van der Waals surface area contributed by atoms with Crippen LogP contribution in [-0.2, 0) is 21.2 Å². The molecule has 0 radical (unpaired) electrons. The highest BCUT2D eigenvalue weighted by Crippen LogP contribution is 2.24. The predicted octanol–water partition coefficient (Wildman–Crippen LogP) is 0.999. The lowest BCUT2D eigenvalue weighted by atomic mass is 10.0. The van der Waals surface area contributed by atoms with Gasteiger partial charge in [-0.25, -0.2) is 24.4 Å². The molecule has 2 aromatic carbocycles. The van der Waals surface area contributed by atoms with E-state index in [4.69, 9.17) is 9.88 Å². The zero-order valence-corrected chi connectivity index (χ0v) is 17.0. The summed E-state index contributed by atoms with van der Waals surface area (Å²) in [7, 11) is -3.69. The number of rotatable bonds is 8. The number of hydrogen-bond acceptors (Lipinski definition) is 6. The molecule has 1 aliphatic rings. The Balaban J connectivity index is 1.45. The van der Waals surface area contributed by atoms with E-state index in [-0.39, 0.29) is 22.9 Å². The molecule has 0 saturated carbocycles. The number of benzene rings is 2. The second-order valence-electron chi connectivity index (χ2n) is 6.86. The number of carbonyl (C=O) groups excluding carboxylic acids is 1. The Labute approximate surface area is 170 Å². The van der Waals surface area contributed by atoms with Crippen molar-refractivity contribution in [2.75, 3.05) is 13.2 Å². The van der Waals surface area contributed by atoms with Gasteiger partial charge in [-0.1, -0.05) is 24.3 Å². The van der Waals surface area contributed by atoms with Gasteiger partial charge in [-0.15, -0.1) is 0 Å². The molecule has 2 atom stereocenters. The summed E-state index contributed by atoms with van der Waals surface area (Å²) < 4.78 is 28.0. The molecule has 1 aliphatic heterocycles. The number of ether oxygens (including phenoxy) is 1. The van der Waals surface area contributed by atoms with E-state index in [0.717, 1.165) is 16.9 Å². The van der Waals surface area contributed by atoms with E-state index in [1.165, 1.54) is 12.1 Å². The number of amides is 1. The largest absolute Gasteiger partial charge is 0.494 e. The molecular formula is C20H26N4O4S. The molecule has 1 fully saturated rings.